The van der Waals surface area contributed by atoms with Crippen LogP contribution in [-0.2, 0) is 0 Å². The first kappa shape index (κ1) is 13.8. The second-order valence-corrected chi connectivity index (χ2v) is 5.28. The lowest BCUT2D eigenvalue weighted by Crippen LogP contribution is -1.87. The molecule has 0 fully saturated rings. The highest BCUT2D eigenvalue weighted by Crippen LogP contribution is 2.25. The van der Waals surface area contributed by atoms with E-state index < -0.39 is 0 Å². The Labute approximate surface area is 122 Å². The van der Waals surface area contributed by atoms with Crippen molar-refractivity contribution < 1.29 is 4.74 Å². The highest BCUT2D eigenvalue weighted by molar-refractivity contribution is 9.10. The molecule has 0 aromatic heterocycles. The number of ether oxygens (including phenoxy) is 1. The van der Waals surface area contributed by atoms with E-state index in [2.05, 4.69) is 46.9 Å². The van der Waals surface area contributed by atoms with Crippen LogP contribution in [0.3, 0.4) is 0 Å². The van der Waals surface area contributed by atoms with Crippen molar-refractivity contribution in [2.75, 3.05) is 7.11 Å². The molecule has 0 atom stereocenters. The molecule has 19 heavy (non-hydrogen) atoms. The summed E-state index contributed by atoms with van der Waals surface area (Å²) in [6, 6.07) is 12.1. The molecule has 0 unspecified atom stereocenters. The quantitative estimate of drug-likeness (QED) is 0.743. The van der Waals surface area contributed by atoms with Crippen molar-refractivity contribution in [3.63, 3.8) is 0 Å². The van der Waals surface area contributed by atoms with Crippen LogP contribution in [0.15, 0.2) is 45.9 Å². The Morgan fingerprint density at radius 2 is 1.84 bits per heavy atom. The van der Waals surface area contributed by atoms with Crippen LogP contribution in [0.2, 0.25) is 0 Å². The van der Waals surface area contributed by atoms with Gasteiger partial charge in [0.2, 0.25) is 0 Å². The van der Waals surface area contributed by atoms with Gasteiger partial charge in [-0.25, -0.2) is 0 Å². The fraction of sp³-hybridized carbons (Fsp3) is 0.188. The summed E-state index contributed by atoms with van der Waals surface area (Å²) in [7, 11) is 1.66. The summed E-state index contributed by atoms with van der Waals surface area (Å²) < 4.78 is 6.13. The third-order valence-electron chi connectivity index (χ3n) is 3.03. The molecular formula is C16H16BrNO. The molecule has 2 nitrogen and oxygen atoms in total. The van der Waals surface area contributed by atoms with Gasteiger partial charge in [0.05, 0.1) is 17.3 Å². The van der Waals surface area contributed by atoms with Gasteiger partial charge in [0.15, 0.2) is 0 Å². The number of nitrogens with zero attached hydrogens (tertiary/aromatic N) is 1. The predicted molar refractivity (Wildman–Crippen MR) is 83.9 cm³/mol. The van der Waals surface area contributed by atoms with E-state index in [1.54, 1.807) is 7.11 Å². The lowest BCUT2D eigenvalue weighted by Gasteiger charge is -2.03. The number of rotatable bonds is 3. The van der Waals surface area contributed by atoms with Crippen molar-refractivity contribution >= 4 is 27.8 Å². The summed E-state index contributed by atoms with van der Waals surface area (Å²) in [4.78, 5) is 4.49. The first-order chi connectivity index (χ1) is 9.10. The molecule has 2 rings (SSSR count). The lowest BCUT2D eigenvalue weighted by molar-refractivity contribution is 0.412. The molecule has 0 heterocycles. The molecule has 0 saturated carbocycles. The van der Waals surface area contributed by atoms with Gasteiger partial charge in [0.1, 0.15) is 5.75 Å². The average Bonchev–Trinajstić information content (AvgIpc) is 2.40. The minimum atomic E-state index is 0.823. The molecule has 0 amide bonds. The number of aliphatic imine (C=N–C) groups is 1. The molecule has 2 aromatic carbocycles. The molecule has 0 bridgehead atoms. The van der Waals surface area contributed by atoms with E-state index in [1.807, 2.05) is 30.5 Å². The lowest BCUT2D eigenvalue weighted by atomic mass is 10.1. The van der Waals surface area contributed by atoms with Crippen molar-refractivity contribution in [1.82, 2.24) is 0 Å². The maximum atomic E-state index is 5.20. The van der Waals surface area contributed by atoms with Crippen molar-refractivity contribution in [3.05, 3.63) is 57.6 Å². The van der Waals surface area contributed by atoms with Crippen molar-refractivity contribution in [1.29, 1.82) is 0 Å². The van der Waals surface area contributed by atoms with Crippen LogP contribution in [0.4, 0.5) is 5.69 Å². The number of benzene rings is 2. The zero-order valence-corrected chi connectivity index (χ0v) is 12.9. The highest BCUT2D eigenvalue weighted by Gasteiger charge is 1.99. The zero-order valence-electron chi connectivity index (χ0n) is 11.3. The second kappa shape index (κ2) is 6.02. The van der Waals surface area contributed by atoms with E-state index in [0.29, 0.717) is 0 Å². The van der Waals surface area contributed by atoms with Gasteiger partial charge in [0, 0.05) is 6.21 Å². The summed E-state index contributed by atoms with van der Waals surface area (Å²) in [5.41, 5.74) is 4.54. The van der Waals surface area contributed by atoms with Crippen LogP contribution < -0.4 is 4.74 Å². The normalized spacial score (nSPS) is 10.9. The minimum Gasteiger partial charge on any atom is -0.496 e. The van der Waals surface area contributed by atoms with Crippen LogP contribution in [0.5, 0.6) is 5.75 Å². The minimum absolute atomic E-state index is 0.823. The third kappa shape index (κ3) is 3.44. The van der Waals surface area contributed by atoms with Gasteiger partial charge >= 0.3 is 0 Å². The average molecular weight is 318 g/mol. The van der Waals surface area contributed by atoms with Crippen LogP contribution in [0.1, 0.15) is 16.7 Å². The fourth-order valence-electron chi connectivity index (χ4n) is 1.72. The third-order valence-corrected chi connectivity index (χ3v) is 3.65. The van der Waals surface area contributed by atoms with Gasteiger partial charge in [-0.1, -0.05) is 6.07 Å². The maximum absolute atomic E-state index is 5.20. The SMILES string of the molecule is COc1ccc(C=Nc2ccc(C)c(C)c2)cc1Br. The topological polar surface area (TPSA) is 21.6 Å². The molecular weight excluding hydrogens is 302 g/mol. The predicted octanol–water partition coefficient (Wildman–Crippen LogP) is 4.83. The Morgan fingerprint density at radius 3 is 2.47 bits per heavy atom. The molecule has 0 saturated heterocycles. The molecule has 0 N–H and O–H groups in total. The molecule has 3 heteroatoms. The van der Waals surface area contributed by atoms with Crippen molar-refractivity contribution in [2.45, 2.75) is 13.8 Å². The van der Waals surface area contributed by atoms with Gasteiger partial charge < -0.3 is 4.74 Å². The van der Waals surface area contributed by atoms with E-state index in [0.717, 1.165) is 21.5 Å². The maximum Gasteiger partial charge on any atom is 0.133 e. The Morgan fingerprint density at radius 1 is 1.05 bits per heavy atom. The van der Waals surface area contributed by atoms with Crippen LogP contribution in [0.25, 0.3) is 0 Å². The standard InChI is InChI=1S/C16H16BrNO/c1-11-4-6-14(8-12(11)2)18-10-13-5-7-16(19-3)15(17)9-13/h4-10H,1-3H3. The Balaban J connectivity index is 2.22. The number of hydrogen-bond donors (Lipinski definition) is 0. The van der Waals surface area contributed by atoms with Gasteiger partial charge in [-0.05, 0) is 76.8 Å². The first-order valence-corrected chi connectivity index (χ1v) is 6.84. The summed E-state index contributed by atoms with van der Waals surface area (Å²) >= 11 is 3.47. The molecule has 98 valence electrons. The first-order valence-electron chi connectivity index (χ1n) is 6.05. The van der Waals surface area contributed by atoms with Gasteiger partial charge in [-0.15, -0.1) is 0 Å². The van der Waals surface area contributed by atoms with Crippen molar-refractivity contribution in [3.8, 4) is 5.75 Å². The van der Waals surface area contributed by atoms with Gasteiger partial charge in [-0.2, -0.15) is 0 Å². The van der Waals surface area contributed by atoms with E-state index in [-0.39, 0.29) is 0 Å². The van der Waals surface area contributed by atoms with Crippen LogP contribution in [-0.4, -0.2) is 13.3 Å². The largest absolute Gasteiger partial charge is 0.496 e. The molecule has 0 aliphatic carbocycles. The summed E-state index contributed by atoms with van der Waals surface area (Å²) in [5, 5.41) is 0. The van der Waals surface area contributed by atoms with Crippen molar-refractivity contribution in [2.24, 2.45) is 4.99 Å². The summed E-state index contributed by atoms with van der Waals surface area (Å²) in [6.45, 7) is 4.20. The summed E-state index contributed by atoms with van der Waals surface area (Å²) in [5.74, 6) is 0.823. The second-order valence-electron chi connectivity index (χ2n) is 4.42. The van der Waals surface area contributed by atoms with E-state index in [4.69, 9.17) is 4.74 Å². The number of methoxy groups -OCH3 is 1. The molecule has 0 aliphatic rings. The van der Waals surface area contributed by atoms with Crippen LogP contribution >= 0.6 is 15.9 Å². The molecule has 0 radical (unpaired) electrons. The Bertz CT molecular complexity index is 620. The number of hydrogen-bond acceptors (Lipinski definition) is 2. The zero-order chi connectivity index (χ0) is 13.8. The highest BCUT2D eigenvalue weighted by atomic mass is 79.9. The van der Waals surface area contributed by atoms with Crippen LogP contribution in [0, 0.1) is 13.8 Å². The van der Waals surface area contributed by atoms with Gasteiger partial charge in [-0.3, -0.25) is 4.99 Å². The number of aryl methyl sites for hydroxylation is 2. The summed E-state index contributed by atoms with van der Waals surface area (Å²) in [6.07, 6.45) is 1.86. The molecule has 0 aliphatic heterocycles. The van der Waals surface area contributed by atoms with E-state index in [1.165, 1.54) is 11.1 Å². The monoisotopic (exact) mass is 317 g/mol. The Kier molecular flexibility index (Phi) is 4.38. The van der Waals surface area contributed by atoms with E-state index in [9.17, 15) is 0 Å². The fourth-order valence-corrected chi connectivity index (χ4v) is 2.28. The number of halogens is 1. The molecule has 2 aromatic rings. The van der Waals surface area contributed by atoms with E-state index >= 15 is 0 Å². The smallest absolute Gasteiger partial charge is 0.133 e. The molecule has 0 spiro atoms. The van der Waals surface area contributed by atoms with Gasteiger partial charge in [0.25, 0.3) is 0 Å². The Hall–Kier alpha value is -1.61.